The molecular weight excluding hydrogens is 238 g/mol. The Balaban J connectivity index is 2.42. The van der Waals surface area contributed by atoms with Crippen LogP contribution in [0, 0.1) is 0 Å². The van der Waals surface area contributed by atoms with Crippen molar-refractivity contribution in [2.75, 3.05) is 30.8 Å². The largest absolute Gasteiger partial charge is 0.350 e. The molecule has 0 radical (unpaired) electrons. The lowest BCUT2D eigenvalue weighted by atomic mass is 10.1. The number of pyridine rings is 1. The quantitative estimate of drug-likeness (QED) is 0.837. The van der Waals surface area contributed by atoms with Crippen molar-refractivity contribution in [1.82, 2.24) is 10.3 Å². The number of hydrogen-bond donors (Lipinski definition) is 1. The van der Waals surface area contributed by atoms with E-state index < -0.39 is 9.84 Å². The second kappa shape index (κ2) is 4.62. The summed E-state index contributed by atoms with van der Waals surface area (Å²) < 4.78 is 23.4. The third kappa shape index (κ3) is 2.42. The van der Waals surface area contributed by atoms with Gasteiger partial charge in [0.2, 0.25) is 0 Å². The van der Waals surface area contributed by atoms with Crippen LogP contribution >= 0.6 is 0 Å². The van der Waals surface area contributed by atoms with E-state index in [2.05, 4.69) is 10.3 Å². The summed E-state index contributed by atoms with van der Waals surface area (Å²) >= 11 is 0. The summed E-state index contributed by atoms with van der Waals surface area (Å²) in [6, 6.07) is 3.62. The van der Waals surface area contributed by atoms with Crippen molar-refractivity contribution in [2.24, 2.45) is 0 Å². The summed E-state index contributed by atoms with van der Waals surface area (Å²) in [6.45, 7) is 4.53. The first-order chi connectivity index (χ1) is 8.04. The number of sulfone groups is 1. The summed E-state index contributed by atoms with van der Waals surface area (Å²) in [7, 11) is -3.23. The van der Waals surface area contributed by atoms with Gasteiger partial charge in [0, 0.05) is 32.1 Å². The van der Waals surface area contributed by atoms with Crippen LogP contribution in [0.25, 0.3) is 0 Å². The van der Waals surface area contributed by atoms with Crippen LogP contribution in [0.15, 0.2) is 23.2 Å². The third-order valence-corrected chi connectivity index (χ3v) is 4.08. The minimum atomic E-state index is -3.23. The van der Waals surface area contributed by atoms with Crippen LogP contribution in [0.2, 0.25) is 0 Å². The summed E-state index contributed by atoms with van der Waals surface area (Å²) in [4.78, 5) is 6.60. The molecule has 0 amide bonds. The van der Waals surface area contributed by atoms with Crippen molar-refractivity contribution in [2.45, 2.75) is 17.9 Å². The lowest BCUT2D eigenvalue weighted by molar-refractivity contribution is 0.413. The molecule has 0 spiro atoms. The van der Waals surface area contributed by atoms with Gasteiger partial charge in [0.25, 0.3) is 0 Å². The zero-order valence-electron chi connectivity index (χ0n) is 10.0. The zero-order valence-corrected chi connectivity index (χ0v) is 10.9. The van der Waals surface area contributed by atoms with Crippen LogP contribution < -0.4 is 10.2 Å². The van der Waals surface area contributed by atoms with Gasteiger partial charge in [-0.05, 0) is 19.1 Å². The lowest BCUT2D eigenvalue weighted by Crippen LogP contribution is -2.57. The summed E-state index contributed by atoms with van der Waals surface area (Å²) in [5, 5.41) is 3.19. The molecule has 94 valence electrons. The van der Waals surface area contributed by atoms with E-state index >= 15 is 0 Å². The molecule has 0 saturated carbocycles. The summed E-state index contributed by atoms with van der Waals surface area (Å²) in [5.41, 5.74) is 0. The number of hydrogen-bond acceptors (Lipinski definition) is 5. The fourth-order valence-corrected chi connectivity index (χ4v) is 2.79. The van der Waals surface area contributed by atoms with Gasteiger partial charge in [0.1, 0.15) is 10.7 Å². The fraction of sp³-hybridized carbons (Fsp3) is 0.545. The molecule has 1 N–H and O–H groups in total. The van der Waals surface area contributed by atoms with Gasteiger partial charge < -0.3 is 10.2 Å². The average Bonchev–Trinajstić information content (AvgIpc) is 2.22. The maximum atomic E-state index is 11.7. The minimum absolute atomic E-state index is 0.314. The summed E-state index contributed by atoms with van der Waals surface area (Å²) in [6.07, 6.45) is 2.86. The number of anilines is 1. The Morgan fingerprint density at radius 3 is 2.71 bits per heavy atom. The number of nitrogens with one attached hydrogen (secondary N) is 1. The van der Waals surface area contributed by atoms with Crippen molar-refractivity contribution in [3.8, 4) is 0 Å². The van der Waals surface area contributed by atoms with Gasteiger partial charge in [-0.2, -0.15) is 0 Å². The van der Waals surface area contributed by atoms with Gasteiger partial charge in [-0.3, -0.25) is 0 Å². The zero-order chi connectivity index (χ0) is 12.5. The molecule has 1 aliphatic heterocycles. The average molecular weight is 255 g/mol. The predicted octanol–water partition coefficient (Wildman–Crippen LogP) is 0.283. The maximum absolute atomic E-state index is 11.7. The van der Waals surface area contributed by atoms with Gasteiger partial charge in [-0.25, -0.2) is 13.4 Å². The van der Waals surface area contributed by atoms with E-state index in [0.29, 0.717) is 16.8 Å². The Morgan fingerprint density at radius 1 is 1.53 bits per heavy atom. The number of rotatable bonds is 4. The Kier molecular flexibility index (Phi) is 3.35. The fourth-order valence-electron chi connectivity index (χ4n) is 1.96. The highest BCUT2D eigenvalue weighted by atomic mass is 32.2. The molecule has 0 aliphatic carbocycles. The van der Waals surface area contributed by atoms with E-state index in [1.54, 1.807) is 18.3 Å². The summed E-state index contributed by atoms with van der Waals surface area (Å²) in [5.74, 6) is 0.573. The van der Waals surface area contributed by atoms with Crippen LogP contribution in [0.5, 0.6) is 0 Å². The molecule has 17 heavy (non-hydrogen) atoms. The van der Waals surface area contributed by atoms with Gasteiger partial charge in [0.15, 0.2) is 9.84 Å². The van der Waals surface area contributed by atoms with E-state index in [1.165, 1.54) is 6.26 Å². The van der Waals surface area contributed by atoms with Crippen molar-refractivity contribution < 1.29 is 8.42 Å². The van der Waals surface area contributed by atoms with Crippen LogP contribution in [-0.4, -0.2) is 45.3 Å². The molecule has 1 saturated heterocycles. The first-order valence-electron chi connectivity index (χ1n) is 5.66. The smallest absolute Gasteiger partial charge is 0.179 e. The highest BCUT2D eigenvalue weighted by molar-refractivity contribution is 7.90. The van der Waals surface area contributed by atoms with E-state index in [1.807, 2.05) is 11.8 Å². The van der Waals surface area contributed by atoms with Gasteiger partial charge >= 0.3 is 0 Å². The molecule has 0 bridgehead atoms. The van der Waals surface area contributed by atoms with E-state index in [4.69, 9.17) is 0 Å². The topological polar surface area (TPSA) is 62.3 Å². The second-order valence-electron chi connectivity index (χ2n) is 4.20. The van der Waals surface area contributed by atoms with Gasteiger partial charge in [0.05, 0.1) is 6.04 Å². The third-order valence-electron chi connectivity index (χ3n) is 2.96. The SMILES string of the molecule is CCN(c1ncccc1S(C)(=O)=O)C1CNC1. The lowest BCUT2D eigenvalue weighted by Gasteiger charge is -2.39. The van der Waals surface area contributed by atoms with Crippen molar-refractivity contribution in [3.63, 3.8) is 0 Å². The Morgan fingerprint density at radius 2 is 2.24 bits per heavy atom. The highest BCUT2D eigenvalue weighted by Crippen LogP contribution is 2.24. The Bertz CT molecular complexity index is 497. The molecular formula is C11H17N3O2S. The van der Waals surface area contributed by atoms with Crippen LogP contribution in [0.1, 0.15) is 6.92 Å². The van der Waals surface area contributed by atoms with Crippen LogP contribution in [-0.2, 0) is 9.84 Å². The van der Waals surface area contributed by atoms with Crippen LogP contribution in [0.4, 0.5) is 5.82 Å². The predicted molar refractivity (Wildman–Crippen MR) is 67.0 cm³/mol. The molecule has 0 unspecified atom stereocenters. The molecule has 0 aromatic carbocycles. The minimum Gasteiger partial charge on any atom is -0.350 e. The van der Waals surface area contributed by atoms with E-state index in [-0.39, 0.29) is 0 Å². The first-order valence-corrected chi connectivity index (χ1v) is 7.55. The molecule has 2 heterocycles. The monoisotopic (exact) mass is 255 g/mol. The van der Waals surface area contributed by atoms with Crippen molar-refractivity contribution in [1.29, 1.82) is 0 Å². The molecule has 1 aliphatic rings. The molecule has 1 aromatic rings. The van der Waals surface area contributed by atoms with E-state index in [0.717, 1.165) is 19.6 Å². The number of likely N-dealkylation sites (N-methyl/N-ethyl adjacent to an activating group) is 1. The molecule has 1 fully saturated rings. The molecule has 2 rings (SSSR count). The highest BCUT2D eigenvalue weighted by Gasteiger charge is 2.28. The Hall–Kier alpha value is -1.14. The molecule has 6 heteroatoms. The first kappa shape index (κ1) is 12.3. The Labute approximate surface area is 102 Å². The van der Waals surface area contributed by atoms with Crippen molar-refractivity contribution in [3.05, 3.63) is 18.3 Å². The normalized spacial score (nSPS) is 16.6. The van der Waals surface area contributed by atoms with E-state index in [9.17, 15) is 8.42 Å². The maximum Gasteiger partial charge on any atom is 0.179 e. The number of nitrogens with zero attached hydrogens (tertiary/aromatic N) is 2. The number of aromatic nitrogens is 1. The van der Waals surface area contributed by atoms with Gasteiger partial charge in [-0.1, -0.05) is 0 Å². The van der Waals surface area contributed by atoms with Gasteiger partial charge in [-0.15, -0.1) is 0 Å². The molecule has 1 aromatic heterocycles. The molecule has 0 atom stereocenters. The standard InChI is InChI=1S/C11H17N3O2S/c1-3-14(9-7-12-8-9)11-10(17(2,15)16)5-4-6-13-11/h4-6,9,12H,3,7-8H2,1-2H3. The molecule has 5 nitrogen and oxygen atoms in total. The second-order valence-corrected chi connectivity index (χ2v) is 6.18. The van der Waals surface area contributed by atoms with Crippen LogP contribution in [0.3, 0.4) is 0 Å². The van der Waals surface area contributed by atoms with Crippen molar-refractivity contribution >= 4 is 15.7 Å².